The van der Waals surface area contributed by atoms with Gasteiger partial charge in [0.1, 0.15) is 23.1 Å². The van der Waals surface area contributed by atoms with Gasteiger partial charge in [0.05, 0.1) is 24.6 Å². The molecule has 0 aliphatic carbocycles. The van der Waals surface area contributed by atoms with Crippen LogP contribution < -0.4 is 15.5 Å². The summed E-state index contributed by atoms with van der Waals surface area (Å²) < 4.78 is 5.50. The summed E-state index contributed by atoms with van der Waals surface area (Å²) in [7, 11) is 0. The second-order valence-electron chi connectivity index (χ2n) is 7.38. The predicted octanol–water partition coefficient (Wildman–Crippen LogP) is 1.31. The van der Waals surface area contributed by atoms with Crippen LogP contribution in [0.3, 0.4) is 0 Å². The molecule has 29 heavy (non-hydrogen) atoms. The second-order valence-corrected chi connectivity index (χ2v) is 7.38. The lowest BCUT2D eigenvalue weighted by atomic mass is 10.1. The Morgan fingerprint density at radius 1 is 1.21 bits per heavy atom. The maximum atomic E-state index is 12.1. The van der Waals surface area contributed by atoms with E-state index in [1.807, 2.05) is 12.1 Å². The van der Waals surface area contributed by atoms with Crippen LogP contribution in [0.15, 0.2) is 30.6 Å². The van der Waals surface area contributed by atoms with Gasteiger partial charge in [0.2, 0.25) is 5.91 Å². The Kier molecular flexibility index (Phi) is 4.51. The molecule has 3 aromatic heterocycles. The molecule has 9 nitrogen and oxygen atoms in total. The highest BCUT2D eigenvalue weighted by atomic mass is 16.5. The van der Waals surface area contributed by atoms with Crippen molar-refractivity contribution >= 4 is 28.3 Å². The number of aromatic nitrogens is 4. The molecule has 0 aromatic carbocycles. The number of aromatic amines is 1. The predicted molar refractivity (Wildman–Crippen MR) is 110 cm³/mol. The van der Waals surface area contributed by atoms with Crippen molar-refractivity contribution in [3.63, 3.8) is 0 Å². The molecule has 0 unspecified atom stereocenters. The third-order valence-corrected chi connectivity index (χ3v) is 5.67. The fraction of sp³-hybridized carbons (Fsp3) is 0.400. The van der Waals surface area contributed by atoms with Crippen LogP contribution >= 0.6 is 0 Å². The number of carbonyl (C=O) groups is 1. The number of carbonyl (C=O) groups excluding carboxylic acids is 1. The molecule has 5 rings (SSSR count). The zero-order valence-electron chi connectivity index (χ0n) is 16.0. The van der Waals surface area contributed by atoms with Crippen LogP contribution in [-0.2, 0) is 9.53 Å². The Hall–Kier alpha value is -3.20. The van der Waals surface area contributed by atoms with Crippen LogP contribution in [0.5, 0.6) is 0 Å². The minimum atomic E-state index is -0.304. The number of fused-ring (bicyclic) bond motifs is 1. The van der Waals surface area contributed by atoms with Crippen molar-refractivity contribution < 1.29 is 9.53 Å². The van der Waals surface area contributed by atoms with Crippen molar-refractivity contribution in [2.45, 2.75) is 18.9 Å². The SMILES string of the molecule is NC(=O)[C@@H]1CCCN1c1cc(N2CCOCC2)nc2c(-c3ccn[nH]3)nccc12. The lowest BCUT2D eigenvalue weighted by molar-refractivity contribution is -0.119. The highest BCUT2D eigenvalue weighted by Gasteiger charge is 2.31. The van der Waals surface area contributed by atoms with Gasteiger partial charge >= 0.3 is 0 Å². The molecule has 1 amide bonds. The lowest BCUT2D eigenvalue weighted by Gasteiger charge is -2.31. The van der Waals surface area contributed by atoms with Crippen molar-refractivity contribution in [2.75, 3.05) is 42.6 Å². The molecule has 2 saturated heterocycles. The Morgan fingerprint density at radius 3 is 2.83 bits per heavy atom. The maximum Gasteiger partial charge on any atom is 0.240 e. The van der Waals surface area contributed by atoms with E-state index in [4.69, 9.17) is 15.5 Å². The number of nitrogens with two attached hydrogens (primary N) is 1. The van der Waals surface area contributed by atoms with Crippen molar-refractivity contribution in [1.29, 1.82) is 0 Å². The van der Waals surface area contributed by atoms with E-state index >= 15 is 0 Å². The molecular formula is C20H23N7O2. The summed E-state index contributed by atoms with van der Waals surface area (Å²) in [6, 6.07) is 5.61. The number of ether oxygens (including phenoxy) is 1. The van der Waals surface area contributed by atoms with Gasteiger partial charge in [-0.2, -0.15) is 5.10 Å². The fourth-order valence-corrected chi connectivity index (χ4v) is 4.25. The summed E-state index contributed by atoms with van der Waals surface area (Å²) in [6.45, 7) is 3.68. The van der Waals surface area contributed by atoms with Gasteiger partial charge in [-0.25, -0.2) is 4.98 Å². The van der Waals surface area contributed by atoms with Crippen molar-refractivity contribution in [3.8, 4) is 11.4 Å². The monoisotopic (exact) mass is 393 g/mol. The Balaban J connectivity index is 1.72. The van der Waals surface area contributed by atoms with Gasteiger partial charge < -0.3 is 20.3 Å². The highest BCUT2D eigenvalue weighted by molar-refractivity contribution is 6.01. The number of nitrogens with one attached hydrogen (secondary N) is 1. The first-order valence-electron chi connectivity index (χ1n) is 9.90. The number of nitrogens with zero attached hydrogens (tertiary/aromatic N) is 5. The number of hydrogen-bond acceptors (Lipinski definition) is 7. The number of anilines is 2. The van der Waals surface area contributed by atoms with Gasteiger partial charge in [-0.1, -0.05) is 0 Å². The molecule has 3 N–H and O–H groups in total. The highest BCUT2D eigenvalue weighted by Crippen LogP contribution is 2.37. The van der Waals surface area contributed by atoms with E-state index in [0.717, 1.165) is 66.3 Å². The first-order chi connectivity index (χ1) is 14.2. The minimum Gasteiger partial charge on any atom is -0.378 e. The molecule has 9 heteroatoms. The van der Waals surface area contributed by atoms with E-state index < -0.39 is 0 Å². The van der Waals surface area contributed by atoms with Gasteiger partial charge in [-0.15, -0.1) is 0 Å². The largest absolute Gasteiger partial charge is 0.378 e. The number of primary amides is 1. The molecular weight excluding hydrogens is 370 g/mol. The van der Waals surface area contributed by atoms with Gasteiger partial charge in [-0.3, -0.25) is 14.9 Å². The molecule has 2 fully saturated rings. The fourth-order valence-electron chi connectivity index (χ4n) is 4.25. The number of rotatable bonds is 4. The summed E-state index contributed by atoms with van der Waals surface area (Å²) >= 11 is 0. The smallest absolute Gasteiger partial charge is 0.240 e. The lowest BCUT2D eigenvalue weighted by Crippen LogP contribution is -2.41. The summed E-state index contributed by atoms with van der Waals surface area (Å²) in [4.78, 5) is 26.0. The van der Waals surface area contributed by atoms with E-state index in [1.165, 1.54) is 0 Å². The second kappa shape index (κ2) is 7.32. The summed E-state index contributed by atoms with van der Waals surface area (Å²) in [5.41, 5.74) is 9.01. The standard InChI is InChI=1S/C20H23N7O2/c21-20(28)15-2-1-7-27(15)16-12-17(26-8-10-29-11-9-26)24-18-13(16)3-5-22-19(18)14-4-6-23-25-14/h3-6,12,15H,1-2,7-11H2,(H2,21,28)(H,23,25)/t15-/m0/s1. The number of H-pyrrole nitrogens is 1. The summed E-state index contributed by atoms with van der Waals surface area (Å²) in [5, 5.41) is 8.00. The molecule has 1 atom stereocenters. The molecule has 2 aliphatic heterocycles. The first kappa shape index (κ1) is 17.9. The normalized spacial score (nSPS) is 19.8. The minimum absolute atomic E-state index is 0.289. The Bertz CT molecular complexity index is 1030. The first-order valence-corrected chi connectivity index (χ1v) is 9.90. The van der Waals surface area contributed by atoms with E-state index in [9.17, 15) is 4.79 Å². The van der Waals surface area contributed by atoms with Crippen molar-refractivity contribution in [2.24, 2.45) is 5.73 Å². The zero-order chi connectivity index (χ0) is 19.8. The molecule has 2 aliphatic rings. The molecule has 5 heterocycles. The van der Waals surface area contributed by atoms with Crippen LogP contribution in [0.25, 0.3) is 22.3 Å². The molecule has 0 radical (unpaired) electrons. The molecule has 3 aromatic rings. The number of hydrogen-bond donors (Lipinski definition) is 2. The van der Waals surface area contributed by atoms with Gasteiger partial charge in [0.15, 0.2) is 0 Å². The number of pyridine rings is 2. The zero-order valence-corrected chi connectivity index (χ0v) is 16.0. The van der Waals surface area contributed by atoms with Crippen LogP contribution in [0, 0.1) is 0 Å². The maximum absolute atomic E-state index is 12.1. The van der Waals surface area contributed by atoms with E-state index in [1.54, 1.807) is 12.4 Å². The molecule has 150 valence electrons. The number of amides is 1. The van der Waals surface area contributed by atoms with Gasteiger partial charge in [0, 0.05) is 43.5 Å². The van der Waals surface area contributed by atoms with Crippen LogP contribution in [0.1, 0.15) is 12.8 Å². The van der Waals surface area contributed by atoms with Gasteiger partial charge in [-0.05, 0) is 25.0 Å². The molecule has 0 bridgehead atoms. The summed E-state index contributed by atoms with van der Waals surface area (Å²) in [5.74, 6) is 0.572. The van der Waals surface area contributed by atoms with Crippen molar-refractivity contribution in [1.82, 2.24) is 20.2 Å². The van der Waals surface area contributed by atoms with Crippen LogP contribution in [-0.4, -0.2) is 65.0 Å². The Morgan fingerprint density at radius 2 is 2.07 bits per heavy atom. The van der Waals surface area contributed by atoms with Crippen molar-refractivity contribution in [3.05, 3.63) is 30.6 Å². The Labute approximate surface area is 167 Å². The summed E-state index contributed by atoms with van der Waals surface area (Å²) in [6.07, 6.45) is 5.17. The van der Waals surface area contributed by atoms with E-state index in [-0.39, 0.29) is 11.9 Å². The third-order valence-electron chi connectivity index (χ3n) is 5.67. The van der Waals surface area contributed by atoms with Gasteiger partial charge in [0.25, 0.3) is 0 Å². The number of morpholine rings is 1. The third kappa shape index (κ3) is 3.17. The molecule has 0 spiro atoms. The topological polar surface area (TPSA) is 113 Å². The van der Waals surface area contributed by atoms with E-state index in [2.05, 4.69) is 31.0 Å². The van der Waals surface area contributed by atoms with E-state index in [0.29, 0.717) is 13.2 Å². The molecule has 0 saturated carbocycles. The van der Waals surface area contributed by atoms with Crippen LogP contribution in [0.4, 0.5) is 11.5 Å². The average Bonchev–Trinajstić information content (AvgIpc) is 3.45. The van der Waals surface area contributed by atoms with Crippen LogP contribution in [0.2, 0.25) is 0 Å². The average molecular weight is 393 g/mol. The quantitative estimate of drug-likeness (QED) is 0.687.